The van der Waals surface area contributed by atoms with Crippen LogP contribution in [-0.4, -0.2) is 114 Å². The van der Waals surface area contributed by atoms with E-state index < -0.39 is 68.3 Å². The summed E-state index contributed by atoms with van der Waals surface area (Å²) in [6, 6.07) is 9.42. The van der Waals surface area contributed by atoms with Crippen molar-refractivity contribution in [1.29, 1.82) is 5.26 Å². The van der Waals surface area contributed by atoms with E-state index in [1.54, 1.807) is 15.9 Å². The zero-order valence-corrected chi connectivity index (χ0v) is 40.4. The number of pyridine rings is 1. The molecule has 17 nitrogen and oxygen atoms in total. The van der Waals surface area contributed by atoms with Gasteiger partial charge in [-0.25, -0.2) is 4.79 Å². The Morgan fingerprint density at radius 3 is 2.56 bits per heavy atom. The molecule has 6 heterocycles. The van der Waals surface area contributed by atoms with Crippen LogP contribution in [0.3, 0.4) is 0 Å². The number of alkyl halides is 2. The lowest BCUT2D eigenvalue weighted by atomic mass is 9.91. The number of hydrogen-bond donors (Lipinski definition) is 2. The highest BCUT2D eigenvalue weighted by Crippen LogP contribution is 2.67. The molecule has 2 aromatic heterocycles. The fourth-order valence-electron chi connectivity index (χ4n) is 9.21. The minimum Gasteiger partial charge on any atom is -0.431 e. The van der Waals surface area contributed by atoms with E-state index in [1.165, 1.54) is 24.4 Å². The molecule has 2 N–H and O–H groups in total. The summed E-state index contributed by atoms with van der Waals surface area (Å²) in [5, 5.41) is 12.8. The molecule has 0 aliphatic carbocycles. The number of carbonyl (C=O) groups is 5. The van der Waals surface area contributed by atoms with Crippen LogP contribution in [-0.2, 0) is 47.9 Å². The fourth-order valence-corrected chi connectivity index (χ4v) is 12.5. The van der Waals surface area contributed by atoms with Gasteiger partial charge in [0.05, 0.1) is 42.6 Å². The number of H-pyrrole nitrogens is 1. The molecular weight excluding hydrogens is 948 g/mol. The predicted octanol–water partition coefficient (Wildman–Crippen LogP) is 7.51. The molecule has 0 spiro atoms. The maximum Gasteiger partial charge on any atom is 0.510 e. The molecule has 6 atom stereocenters. The first-order valence-electron chi connectivity index (χ1n) is 22.9. The highest BCUT2D eigenvalue weighted by molar-refractivity contribution is 8.13. The van der Waals surface area contributed by atoms with Gasteiger partial charge in [-0.15, -0.1) is 11.3 Å². The van der Waals surface area contributed by atoms with E-state index in [4.69, 9.17) is 23.3 Å². The molecule has 4 fully saturated rings. The number of nitrogens with one attached hydrogen (secondary N) is 2. The first kappa shape index (κ1) is 51.1. The summed E-state index contributed by atoms with van der Waals surface area (Å²) in [7, 11) is -5.48. The third-order valence-corrected chi connectivity index (χ3v) is 16.6. The zero-order chi connectivity index (χ0) is 48.6. The monoisotopic (exact) mass is 1000 g/mol. The van der Waals surface area contributed by atoms with Gasteiger partial charge in [0.2, 0.25) is 24.2 Å². The molecule has 3 aromatic rings. The van der Waals surface area contributed by atoms with Gasteiger partial charge in [0.1, 0.15) is 12.1 Å². The van der Waals surface area contributed by atoms with Gasteiger partial charge in [0.15, 0.2) is 5.12 Å². The molecule has 2 unspecified atom stereocenters. The van der Waals surface area contributed by atoms with Crippen LogP contribution < -0.4 is 10.9 Å². The van der Waals surface area contributed by atoms with Crippen LogP contribution in [0.2, 0.25) is 0 Å². The first-order chi connectivity index (χ1) is 32.6. The lowest BCUT2D eigenvalue weighted by Crippen LogP contribution is -2.53. The van der Waals surface area contributed by atoms with Gasteiger partial charge in [0, 0.05) is 79.1 Å². The number of hydrogen-bond acceptors (Lipinski definition) is 15. The molecule has 1 aromatic carbocycles. The van der Waals surface area contributed by atoms with E-state index in [1.807, 2.05) is 13.8 Å². The number of thiophene rings is 1. The van der Waals surface area contributed by atoms with E-state index in [-0.39, 0.29) is 82.4 Å². The number of halogens is 2. The second-order valence-corrected chi connectivity index (χ2v) is 22.2. The Morgan fingerprint density at radius 1 is 1.03 bits per heavy atom. The van der Waals surface area contributed by atoms with E-state index >= 15 is 8.78 Å². The van der Waals surface area contributed by atoms with Crippen molar-refractivity contribution in [1.82, 2.24) is 20.1 Å². The highest BCUT2D eigenvalue weighted by atomic mass is 32.2. The van der Waals surface area contributed by atoms with Crippen LogP contribution in [0.25, 0.3) is 10.1 Å². The summed E-state index contributed by atoms with van der Waals surface area (Å²) in [6.45, 7) is 3.08. The number of nitrogens with zero attached hydrogens (tertiary/aromatic N) is 3. The standard InChI is InChI=1S/C46H56F2N5O12PS2/c1-28(2)19-41(55)67-18-17-63-66(60,64-27-62-45(59)65-35-12-15-61-16-13-35)46(47,48)33-7-10-38-31(20-33)21-39(68-38)42(56)51-24-30-5-3-4-6-34-8-9-37(53(34)43(30)57)44(58)52-25-32(23-49)36(26-52)29-11-14-50-40(54)22-29/h7,10-11,14,20-22,28,30,32,34-37H,3-6,8-9,12-13,15-19,24-27H2,1-2H3,(H,50,54)(H,51,56)/t30?,32-,34-,36+,37-,66?/m0/s1. The topological polar surface area (TPSA) is 224 Å². The number of aromatic nitrogens is 1. The highest BCUT2D eigenvalue weighted by Gasteiger charge is 2.56. The molecule has 68 heavy (non-hydrogen) atoms. The smallest absolute Gasteiger partial charge is 0.431 e. The zero-order valence-electron chi connectivity index (χ0n) is 37.9. The minimum absolute atomic E-state index is 0.0336. The largest absolute Gasteiger partial charge is 0.510 e. The second-order valence-electron chi connectivity index (χ2n) is 17.9. The minimum atomic E-state index is -5.48. The van der Waals surface area contributed by atoms with Crippen molar-refractivity contribution in [2.75, 3.05) is 52.0 Å². The van der Waals surface area contributed by atoms with E-state index in [9.17, 15) is 38.6 Å². The third-order valence-electron chi connectivity index (χ3n) is 12.7. The normalized spacial score (nSPS) is 23.4. The van der Waals surface area contributed by atoms with Crippen LogP contribution in [0.15, 0.2) is 47.4 Å². The fraction of sp³-hybridized carbons (Fsp3) is 0.587. The van der Waals surface area contributed by atoms with Crippen molar-refractivity contribution in [3.63, 3.8) is 0 Å². The van der Waals surface area contributed by atoms with Crippen LogP contribution >= 0.6 is 30.7 Å². The van der Waals surface area contributed by atoms with E-state index in [0.717, 1.165) is 54.5 Å². The molecule has 4 aliphatic heterocycles. The summed E-state index contributed by atoms with van der Waals surface area (Å²) in [5.74, 6) is -2.58. The SMILES string of the molecule is CC(C)CC(=O)SCCOP(=O)(OCOC(=O)OC1CCOCC1)C(F)(F)c1ccc2sc(C(=O)NCC3CCCC[C@H]4CC[C@@H](C(=O)N5C[C@H](c6cc[nH]c(=O)c6)[C@@H](C#N)C5)N4C3=O)cc2c1. The van der Waals surface area contributed by atoms with Crippen molar-refractivity contribution in [3.05, 3.63) is 69.0 Å². The number of rotatable bonds is 17. The van der Waals surface area contributed by atoms with Gasteiger partial charge in [0.25, 0.3) is 5.91 Å². The molecule has 4 aliphatic rings. The predicted molar refractivity (Wildman–Crippen MR) is 247 cm³/mol. The summed E-state index contributed by atoms with van der Waals surface area (Å²) >= 11 is 1.87. The Kier molecular flexibility index (Phi) is 17.2. The molecule has 368 valence electrons. The summed E-state index contributed by atoms with van der Waals surface area (Å²) in [5.41, 5.74) is -4.70. The van der Waals surface area contributed by atoms with Crippen LogP contribution in [0.1, 0.15) is 98.4 Å². The molecule has 0 radical (unpaired) electrons. The van der Waals surface area contributed by atoms with Gasteiger partial charge in [-0.05, 0) is 66.8 Å². The van der Waals surface area contributed by atoms with Crippen LogP contribution in [0.5, 0.6) is 0 Å². The van der Waals surface area contributed by atoms with Crippen molar-refractivity contribution < 1.29 is 60.6 Å². The number of fused-ring (bicyclic) bond motifs is 2. The van der Waals surface area contributed by atoms with Gasteiger partial charge in [-0.1, -0.05) is 44.5 Å². The molecule has 3 amide bonds. The Hall–Kier alpha value is -4.71. The lowest BCUT2D eigenvalue weighted by Gasteiger charge is -2.36. The Morgan fingerprint density at radius 2 is 1.81 bits per heavy atom. The maximum atomic E-state index is 16.4. The molecular formula is C46H56F2N5O12PS2. The first-order valence-corrected chi connectivity index (χ1v) is 26.3. The van der Waals surface area contributed by atoms with Crippen LogP contribution in [0, 0.1) is 29.1 Å². The summed E-state index contributed by atoms with van der Waals surface area (Å²) < 4.78 is 72.9. The van der Waals surface area contributed by atoms with Crippen molar-refractivity contribution >= 4 is 69.8 Å². The Labute approximate surface area is 400 Å². The number of carbonyl (C=O) groups excluding carboxylic acids is 5. The molecule has 7 rings (SSSR count). The number of thioether (sulfide) groups is 1. The molecule has 22 heteroatoms. The molecule has 4 saturated heterocycles. The number of ether oxygens (including phenoxy) is 3. The van der Waals surface area contributed by atoms with E-state index in [2.05, 4.69) is 16.4 Å². The number of nitriles is 1. The maximum absolute atomic E-state index is 16.4. The second kappa shape index (κ2) is 22.8. The average molecular weight is 1000 g/mol. The summed E-state index contributed by atoms with van der Waals surface area (Å²) in [4.78, 5) is 84.8. The number of amides is 3. The van der Waals surface area contributed by atoms with Gasteiger partial charge in [-0.2, -0.15) is 14.0 Å². The third kappa shape index (κ3) is 12.2. The van der Waals surface area contributed by atoms with Gasteiger partial charge < -0.3 is 38.8 Å². The Balaban J connectivity index is 1.00. The van der Waals surface area contributed by atoms with Gasteiger partial charge >= 0.3 is 19.4 Å². The quantitative estimate of drug-likeness (QED) is 0.0578. The lowest BCUT2D eigenvalue weighted by molar-refractivity contribution is -0.148. The molecule has 0 saturated carbocycles. The Bertz CT molecular complexity index is 2480. The van der Waals surface area contributed by atoms with Crippen LogP contribution in [0.4, 0.5) is 13.6 Å². The van der Waals surface area contributed by atoms with Crippen molar-refractivity contribution in [2.45, 2.75) is 101 Å². The number of aromatic amines is 1. The number of benzene rings is 1. The number of likely N-dealkylation sites (tertiary alicyclic amines) is 1. The van der Waals surface area contributed by atoms with Crippen molar-refractivity contribution in [2.24, 2.45) is 17.8 Å². The van der Waals surface area contributed by atoms with Gasteiger partial charge in [-0.3, -0.25) is 33.1 Å². The van der Waals surface area contributed by atoms with E-state index in [0.29, 0.717) is 55.6 Å². The summed E-state index contributed by atoms with van der Waals surface area (Å²) in [6.07, 6.45) is 4.74. The average Bonchev–Trinajstić information content (AvgIpc) is 4.06. The van der Waals surface area contributed by atoms with Crippen molar-refractivity contribution in [3.8, 4) is 6.07 Å². The molecule has 0 bridgehead atoms.